The molecule has 1 heterocycles. The largest absolute Gasteiger partial charge is 0.465 e. The Morgan fingerprint density at radius 3 is 2.41 bits per heavy atom. The molecule has 1 amide bonds. The van der Waals surface area contributed by atoms with E-state index in [2.05, 4.69) is 34.1 Å². The standard InChI is InChI=1S/C17H20BrNO2S/c1-17(2,3)19(16(20)21)10-14(12-7-5-4-6-8-12)15-9-13(18)11-22-15/h4-9,11,14H,10H2,1-3H3,(H,20,21). The predicted octanol–water partition coefficient (Wildman–Crippen LogP) is 5.42. The van der Waals surface area contributed by atoms with Crippen molar-refractivity contribution < 1.29 is 9.90 Å². The maximum atomic E-state index is 11.7. The maximum Gasteiger partial charge on any atom is 0.407 e. The molecule has 0 radical (unpaired) electrons. The average molecular weight is 382 g/mol. The number of thiophene rings is 1. The van der Waals surface area contributed by atoms with Crippen LogP contribution < -0.4 is 0 Å². The van der Waals surface area contributed by atoms with Crippen molar-refractivity contribution in [1.82, 2.24) is 4.90 Å². The van der Waals surface area contributed by atoms with Crippen molar-refractivity contribution in [3.63, 3.8) is 0 Å². The minimum atomic E-state index is -0.885. The van der Waals surface area contributed by atoms with Crippen molar-refractivity contribution >= 4 is 33.4 Å². The Balaban J connectivity index is 2.39. The number of hydrogen-bond donors (Lipinski definition) is 1. The molecule has 1 N–H and O–H groups in total. The summed E-state index contributed by atoms with van der Waals surface area (Å²) in [4.78, 5) is 14.3. The van der Waals surface area contributed by atoms with Crippen LogP contribution in [-0.4, -0.2) is 28.2 Å². The Hall–Kier alpha value is -1.33. The normalized spacial score (nSPS) is 12.9. The highest BCUT2D eigenvalue weighted by Gasteiger charge is 2.30. The summed E-state index contributed by atoms with van der Waals surface area (Å²) in [6, 6.07) is 12.1. The summed E-state index contributed by atoms with van der Waals surface area (Å²) in [5.41, 5.74) is 0.695. The third-order valence-corrected chi connectivity index (χ3v) is 5.35. The molecule has 2 aromatic rings. The van der Waals surface area contributed by atoms with Crippen LogP contribution in [0.4, 0.5) is 4.79 Å². The van der Waals surface area contributed by atoms with Gasteiger partial charge in [-0.3, -0.25) is 0 Å². The maximum absolute atomic E-state index is 11.7. The van der Waals surface area contributed by atoms with Gasteiger partial charge in [-0.2, -0.15) is 0 Å². The number of benzene rings is 1. The van der Waals surface area contributed by atoms with Crippen LogP contribution in [-0.2, 0) is 0 Å². The van der Waals surface area contributed by atoms with Crippen molar-refractivity contribution in [1.29, 1.82) is 0 Å². The molecule has 1 atom stereocenters. The Kier molecular flexibility index (Phi) is 5.29. The molecule has 0 aliphatic rings. The first-order valence-corrected chi connectivity index (χ1v) is 8.75. The molecule has 1 aromatic heterocycles. The van der Waals surface area contributed by atoms with Crippen LogP contribution >= 0.6 is 27.3 Å². The Labute approximate surface area is 143 Å². The van der Waals surface area contributed by atoms with Gasteiger partial charge in [-0.1, -0.05) is 30.3 Å². The smallest absolute Gasteiger partial charge is 0.407 e. The van der Waals surface area contributed by atoms with Gasteiger partial charge in [0.25, 0.3) is 0 Å². The lowest BCUT2D eigenvalue weighted by Crippen LogP contribution is -2.47. The minimum absolute atomic E-state index is 0.0350. The molecular formula is C17H20BrNO2S. The zero-order valence-corrected chi connectivity index (χ0v) is 15.3. The number of rotatable bonds is 4. The number of amides is 1. The third-order valence-electron chi connectivity index (χ3n) is 3.54. The molecule has 5 heteroatoms. The summed E-state index contributed by atoms with van der Waals surface area (Å²) in [5.74, 6) is 0.0350. The van der Waals surface area contributed by atoms with E-state index in [-0.39, 0.29) is 5.92 Å². The van der Waals surface area contributed by atoms with Crippen molar-refractivity contribution in [3.8, 4) is 0 Å². The van der Waals surface area contributed by atoms with E-state index in [1.165, 1.54) is 4.90 Å². The molecule has 0 fully saturated rings. The van der Waals surface area contributed by atoms with E-state index in [9.17, 15) is 9.90 Å². The minimum Gasteiger partial charge on any atom is -0.465 e. The highest BCUT2D eigenvalue weighted by Crippen LogP contribution is 2.34. The fourth-order valence-corrected chi connectivity index (χ4v) is 3.94. The van der Waals surface area contributed by atoms with Crippen LogP contribution in [0.5, 0.6) is 0 Å². The van der Waals surface area contributed by atoms with Gasteiger partial charge >= 0.3 is 6.09 Å². The van der Waals surface area contributed by atoms with E-state index in [0.717, 1.165) is 14.9 Å². The molecule has 22 heavy (non-hydrogen) atoms. The SMILES string of the molecule is CC(C)(C)N(CC(c1ccccc1)c1cc(Br)cs1)C(=O)O. The summed E-state index contributed by atoms with van der Waals surface area (Å²) >= 11 is 5.14. The quantitative estimate of drug-likeness (QED) is 0.767. The van der Waals surface area contributed by atoms with Gasteiger partial charge in [-0.25, -0.2) is 4.79 Å². The first-order chi connectivity index (χ1) is 10.3. The fraction of sp³-hybridized carbons (Fsp3) is 0.353. The molecule has 2 rings (SSSR count). The van der Waals surface area contributed by atoms with Crippen LogP contribution in [0.2, 0.25) is 0 Å². The van der Waals surface area contributed by atoms with Crippen molar-refractivity contribution in [3.05, 3.63) is 56.7 Å². The van der Waals surface area contributed by atoms with E-state index in [0.29, 0.717) is 6.54 Å². The molecule has 118 valence electrons. The molecule has 0 spiro atoms. The molecule has 3 nitrogen and oxygen atoms in total. The van der Waals surface area contributed by atoms with Crippen LogP contribution in [0.15, 0.2) is 46.3 Å². The Morgan fingerprint density at radius 2 is 1.95 bits per heavy atom. The topological polar surface area (TPSA) is 40.5 Å². The van der Waals surface area contributed by atoms with Gasteiger partial charge < -0.3 is 10.0 Å². The summed E-state index contributed by atoms with van der Waals surface area (Å²) < 4.78 is 1.03. The fourth-order valence-electron chi connectivity index (χ4n) is 2.38. The van der Waals surface area contributed by atoms with Gasteiger partial charge in [0.15, 0.2) is 0 Å². The number of hydrogen-bond acceptors (Lipinski definition) is 2. The van der Waals surface area contributed by atoms with Crippen molar-refractivity contribution in [2.75, 3.05) is 6.54 Å². The highest BCUT2D eigenvalue weighted by atomic mass is 79.9. The van der Waals surface area contributed by atoms with E-state index in [1.54, 1.807) is 11.3 Å². The zero-order valence-electron chi connectivity index (χ0n) is 12.9. The van der Waals surface area contributed by atoms with Crippen LogP contribution in [0.25, 0.3) is 0 Å². The van der Waals surface area contributed by atoms with E-state index in [4.69, 9.17) is 0 Å². The van der Waals surface area contributed by atoms with E-state index < -0.39 is 11.6 Å². The lowest BCUT2D eigenvalue weighted by Gasteiger charge is -2.35. The Morgan fingerprint density at radius 1 is 1.32 bits per heavy atom. The lowest BCUT2D eigenvalue weighted by atomic mass is 9.94. The van der Waals surface area contributed by atoms with E-state index in [1.807, 2.05) is 44.4 Å². The second kappa shape index (κ2) is 6.84. The second-order valence-electron chi connectivity index (χ2n) is 6.19. The third kappa shape index (κ3) is 4.11. The number of nitrogens with zero attached hydrogens (tertiary/aromatic N) is 1. The molecule has 1 aromatic carbocycles. The first kappa shape index (κ1) is 17.0. The molecule has 0 bridgehead atoms. The van der Waals surface area contributed by atoms with Gasteiger partial charge in [0.1, 0.15) is 0 Å². The molecule has 1 unspecified atom stereocenters. The number of carboxylic acid groups (broad SMARTS) is 1. The lowest BCUT2D eigenvalue weighted by molar-refractivity contribution is 0.0983. The number of carbonyl (C=O) groups is 1. The Bertz CT molecular complexity index is 634. The van der Waals surface area contributed by atoms with Crippen LogP contribution in [0.1, 0.15) is 37.1 Å². The molecule has 0 saturated carbocycles. The van der Waals surface area contributed by atoms with Gasteiger partial charge in [-0.15, -0.1) is 11.3 Å². The molecule has 0 aliphatic carbocycles. The van der Waals surface area contributed by atoms with Gasteiger partial charge in [0, 0.05) is 32.7 Å². The van der Waals surface area contributed by atoms with Crippen molar-refractivity contribution in [2.45, 2.75) is 32.2 Å². The van der Waals surface area contributed by atoms with E-state index >= 15 is 0 Å². The molecular weight excluding hydrogens is 362 g/mol. The van der Waals surface area contributed by atoms with Gasteiger partial charge in [0.05, 0.1) is 0 Å². The molecule has 0 saturated heterocycles. The summed E-state index contributed by atoms with van der Waals surface area (Å²) in [6.45, 7) is 6.21. The molecule has 0 aliphatic heterocycles. The van der Waals surface area contributed by atoms with Crippen molar-refractivity contribution in [2.24, 2.45) is 0 Å². The predicted molar refractivity (Wildman–Crippen MR) is 94.8 cm³/mol. The summed E-state index contributed by atoms with van der Waals surface area (Å²) in [5, 5.41) is 11.6. The number of halogens is 1. The van der Waals surface area contributed by atoms with Crippen LogP contribution in [0, 0.1) is 0 Å². The second-order valence-corrected chi connectivity index (χ2v) is 8.05. The summed E-state index contributed by atoms with van der Waals surface area (Å²) in [7, 11) is 0. The first-order valence-electron chi connectivity index (χ1n) is 7.08. The average Bonchev–Trinajstić information content (AvgIpc) is 2.85. The highest BCUT2D eigenvalue weighted by molar-refractivity contribution is 9.10. The zero-order chi connectivity index (χ0) is 16.3. The monoisotopic (exact) mass is 381 g/mol. The van der Waals surface area contributed by atoms with Crippen LogP contribution in [0.3, 0.4) is 0 Å². The van der Waals surface area contributed by atoms with Gasteiger partial charge in [-0.05, 0) is 48.3 Å². The summed E-state index contributed by atoms with van der Waals surface area (Å²) in [6.07, 6.45) is -0.885. The van der Waals surface area contributed by atoms with Gasteiger partial charge in [0.2, 0.25) is 0 Å².